The molecule has 70 valence electrons. The molecule has 14 heavy (non-hydrogen) atoms. The molecule has 1 heterocycles. The first kappa shape index (κ1) is 9.02. The lowest BCUT2D eigenvalue weighted by atomic mass is 10.3. The Labute approximate surface area is 87.2 Å². The van der Waals surface area contributed by atoms with E-state index < -0.39 is 0 Å². The zero-order chi connectivity index (χ0) is 9.80. The lowest BCUT2D eigenvalue weighted by Gasteiger charge is -2.02. The molecule has 0 bridgehead atoms. The van der Waals surface area contributed by atoms with Gasteiger partial charge in [-0.25, -0.2) is 9.97 Å². The third-order valence-corrected chi connectivity index (χ3v) is 1.89. The maximum absolute atomic E-state index is 5.38. The number of hydrogen-bond acceptors (Lipinski definition) is 4. The van der Waals surface area contributed by atoms with Gasteiger partial charge >= 0.3 is 6.01 Å². The molecule has 0 aliphatic carbocycles. The molecule has 0 radical (unpaired) electrons. The lowest BCUT2D eigenvalue weighted by Crippen LogP contribution is -1.89. The molecular formula is C10H8N2OS. The summed E-state index contributed by atoms with van der Waals surface area (Å²) < 4.78 is 5.38. The third kappa shape index (κ3) is 2.23. The zero-order valence-corrected chi connectivity index (χ0v) is 8.19. The van der Waals surface area contributed by atoms with Crippen LogP contribution in [0.25, 0.3) is 0 Å². The maximum Gasteiger partial charge on any atom is 0.321 e. The molecule has 2 rings (SSSR count). The van der Waals surface area contributed by atoms with Gasteiger partial charge in [-0.15, -0.1) is 12.6 Å². The molecule has 0 aliphatic rings. The van der Waals surface area contributed by atoms with E-state index in [0.717, 1.165) is 4.90 Å². The number of rotatable bonds is 2. The Kier molecular flexibility index (Phi) is 2.65. The monoisotopic (exact) mass is 204 g/mol. The summed E-state index contributed by atoms with van der Waals surface area (Å²) in [6, 6.07) is 9.42. The quantitative estimate of drug-likeness (QED) is 0.763. The number of nitrogens with zero attached hydrogens (tertiary/aromatic N) is 2. The molecular weight excluding hydrogens is 196 g/mol. The van der Waals surface area contributed by atoms with E-state index in [2.05, 4.69) is 22.6 Å². The van der Waals surface area contributed by atoms with E-state index in [9.17, 15) is 0 Å². The minimum atomic E-state index is 0.347. The van der Waals surface area contributed by atoms with Crippen molar-refractivity contribution in [2.45, 2.75) is 4.90 Å². The van der Waals surface area contributed by atoms with Gasteiger partial charge in [0.1, 0.15) is 5.75 Å². The van der Waals surface area contributed by atoms with Crippen molar-refractivity contribution in [2.24, 2.45) is 0 Å². The molecule has 0 fully saturated rings. The van der Waals surface area contributed by atoms with Crippen LogP contribution in [0.1, 0.15) is 0 Å². The van der Waals surface area contributed by atoms with Gasteiger partial charge in [-0.3, -0.25) is 0 Å². The van der Waals surface area contributed by atoms with Gasteiger partial charge in [-0.1, -0.05) is 0 Å². The van der Waals surface area contributed by atoms with Crippen LogP contribution in [0.3, 0.4) is 0 Å². The van der Waals surface area contributed by atoms with Crippen LogP contribution in [-0.4, -0.2) is 9.97 Å². The number of benzene rings is 1. The fourth-order valence-corrected chi connectivity index (χ4v) is 1.11. The molecule has 0 saturated heterocycles. The summed E-state index contributed by atoms with van der Waals surface area (Å²) in [5, 5.41) is 0. The van der Waals surface area contributed by atoms with Crippen molar-refractivity contribution >= 4 is 12.6 Å². The predicted molar refractivity (Wildman–Crippen MR) is 55.8 cm³/mol. The Hall–Kier alpha value is -1.55. The van der Waals surface area contributed by atoms with Crippen LogP contribution in [0.15, 0.2) is 47.6 Å². The molecule has 0 amide bonds. The topological polar surface area (TPSA) is 35.0 Å². The van der Waals surface area contributed by atoms with Gasteiger partial charge in [0.25, 0.3) is 0 Å². The average Bonchev–Trinajstić information content (AvgIpc) is 2.23. The number of aromatic nitrogens is 2. The first-order valence-corrected chi connectivity index (χ1v) is 4.53. The van der Waals surface area contributed by atoms with Gasteiger partial charge in [-0.2, -0.15) is 0 Å². The molecule has 0 atom stereocenters. The van der Waals surface area contributed by atoms with Crippen LogP contribution in [0.5, 0.6) is 11.8 Å². The van der Waals surface area contributed by atoms with Crippen LogP contribution >= 0.6 is 12.6 Å². The molecule has 0 unspecified atom stereocenters. The largest absolute Gasteiger partial charge is 0.424 e. The van der Waals surface area contributed by atoms with Crippen LogP contribution in [0, 0.1) is 0 Å². The van der Waals surface area contributed by atoms with Gasteiger partial charge < -0.3 is 4.74 Å². The third-order valence-electron chi connectivity index (χ3n) is 1.59. The second-order valence-corrected chi connectivity index (χ2v) is 3.14. The minimum Gasteiger partial charge on any atom is -0.424 e. The average molecular weight is 204 g/mol. The van der Waals surface area contributed by atoms with E-state index in [1.54, 1.807) is 18.5 Å². The van der Waals surface area contributed by atoms with Crippen molar-refractivity contribution in [1.29, 1.82) is 0 Å². The molecule has 4 heteroatoms. The van der Waals surface area contributed by atoms with Crippen LogP contribution in [0.2, 0.25) is 0 Å². The van der Waals surface area contributed by atoms with E-state index in [-0.39, 0.29) is 0 Å². The fourth-order valence-electron chi connectivity index (χ4n) is 0.958. The molecule has 0 N–H and O–H groups in total. The predicted octanol–water partition coefficient (Wildman–Crippen LogP) is 2.56. The summed E-state index contributed by atoms with van der Waals surface area (Å²) in [5.41, 5.74) is 0. The minimum absolute atomic E-state index is 0.347. The first-order chi connectivity index (χ1) is 6.84. The Morgan fingerprint density at radius 1 is 1.00 bits per heavy atom. The number of thiol groups is 1. The number of ether oxygens (including phenoxy) is 1. The Morgan fingerprint density at radius 2 is 1.64 bits per heavy atom. The fraction of sp³-hybridized carbons (Fsp3) is 0. The van der Waals surface area contributed by atoms with E-state index in [1.807, 2.05) is 24.3 Å². The molecule has 0 aliphatic heterocycles. The second kappa shape index (κ2) is 4.11. The molecule has 1 aromatic heterocycles. The SMILES string of the molecule is Sc1ccc(Oc2ncccn2)cc1. The van der Waals surface area contributed by atoms with E-state index in [0.29, 0.717) is 11.8 Å². The first-order valence-electron chi connectivity index (χ1n) is 4.08. The highest BCUT2D eigenvalue weighted by atomic mass is 32.1. The lowest BCUT2D eigenvalue weighted by molar-refractivity contribution is 0.441. The van der Waals surface area contributed by atoms with Gasteiger partial charge in [-0.05, 0) is 30.3 Å². The van der Waals surface area contributed by atoms with Gasteiger partial charge in [0.05, 0.1) is 0 Å². The van der Waals surface area contributed by atoms with Crippen molar-refractivity contribution in [2.75, 3.05) is 0 Å². The molecule has 0 spiro atoms. The highest BCUT2D eigenvalue weighted by Crippen LogP contribution is 2.18. The van der Waals surface area contributed by atoms with Crippen LogP contribution in [0.4, 0.5) is 0 Å². The highest BCUT2D eigenvalue weighted by Gasteiger charge is 1.97. The van der Waals surface area contributed by atoms with Gasteiger partial charge in [0, 0.05) is 17.3 Å². The van der Waals surface area contributed by atoms with E-state index >= 15 is 0 Å². The number of hydrogen-bond donors (Lipinski definition) is 1. The normalized spacial score (nSPS) is 9.79. The maximum atomic E-state index is 5.38. The van der Waals surface area contributed by atoms with Crippen molar-refractivity contribution in [3.8, 4) is 11.8 Å². The summed E-state index contributed by atoms with van der Waals surface area (Å²) in [5.74, 6) is 0.703. The van der Waals surface area contributed by atoms with E-state index in [4.69, 9.17) is 4.74 Å². The van der Waals surface area contributed by atoms with Crippen molar-refractivity contribution in [1.82, 2.24) is 9.97 Å². The summed E-state index contributed by atoms with van der Waals surface area (Å²) in [4.78, 5) is 8.78. The summed E-state index contributed by atoms with van der Waals surface area (Å²) in [6.07, 6.45) is 3.27. The zero-order valence-electron chi connectivity index (χ0n) is 7.29. The van der Waals surface area contributed by atoms with Gasteiger partial charge in [0.15, 0.2) is 0 Å². The standard InChI is InChI=1S/C10H8N2OS/c14-9-4-2-8(3-5-9)13-10-11-6-1-7-12-10/h1-7,14H. The van der Waals surface area contributed by atoms with Crippen molar-refractivity contribution in [3.05, 3.63) is 42.7 Å². The van der Waals surface area contributed by atoms with Gasteiger partial charge in [0.2, 0.25) is 0 Å². The van der Waals surface area contributed by atoms with Crippen molar-refractivity contribution < 1.29 is 4.74 Å². The molecule has 0 saturated carbocycles. The molecule has 1 aromatic carbocycles. The summed E-state index contributed by atoms with van der Waals surface area (Å²) in [6.45, 7) is 0. The molecule has 3 nitrogen and oxygen atoms in total. The van der Waals surface area contributed by atoms with Crippen molar-refractivity contribution in [3.63, 3.8) is 0 Å². The summed E-state index contributed by atoms with van der Waals surface area (Å²) in [7, 11) is 0. The summed E-state index contributed by atoms with van der Waals surface area (Å²) >= 11 is 4.17. The highest BCUT2D eigenvalue weighted by molar-refractivity contribution is 7.80. The Morgan fingerprint density at radius 3 is 2.29 bits per heavy atom. The van der Waals surface area contributed by atoms with Crippen LogP contribution in [-0.2, 0) is 0 Å². The molecule has 2 aromatic rings. The second-order valence-electron chi connectivity index (χ2n) is 2.63. The Bertz CT molecular complexity index is 402. The van der Waals surface area contributed by atoms with Crippen LogP contribution < -0.4 is 4.74 Å². The Balaban J connectivity index is 2.16. The van der Waals surface area contributed by atoms with E-state index in [1.165, 1.54) is 0 Å². The smallest absolute Gasteiger partial charge is 0.321 e.